The first-order valence-corrected chi connectivity index (χ1v) is 7.74. The maximum atomic E-state index is 4.75. The van der Waals surface area contributed by atoms with Gasteiger partial charge in [-0.25, -0.2) is 4.98 Å². The van der Waals surface area contributed by atoms with Gasteiger partial charge in [0.05, 0.1) is 22.3 Å². The number of hydrogen-bond donors (Lipinski definition) is 1. The first kappa shape index (κ1) is 13.0. The summed E-state index contributed by atoms with van der Waals surface area (Å²) in [4.78, 5) is 4.75. The minimum absolute atomic E-state index is 0.779. The standard InChI is InChI=1S/C16H13N5S/c1-21-9-13(19-20-21)12-7-8-15-16(18-12)14(10-22-15)17-11-5-3-2-4-6-11/h2-10,17H,1H3. The number of nitrogens with one attached hydrogen (secondary N) is 1. The summed E-state index contributed by atoms with van der Waals surface area (Å²) in [7, 11) is 1.85. The Balaban J connectivity index is 1.76. The number of aryl methyl sites for hydroxylation is 1. The number of fused-ring (bicyclic) bond motifs is 1. The minimum Gasteiger partial charge on any atom is -0.353 e. The van der Waals surface area contributed by atoms with E-state index in [9.17, 15) is 0 Å². The largest absolute Gasteiger partial charge is 0.353 e. The Hall–Kier alpha value is -2.73. The second-order valence-corrected chi connectivity index (χ2v) is 5.87. The number of pyridine rings is 1. The van der Waals surface area contributed by atoms with Gasteiger partial charge in [-0.1, -0.05) is 23.4 Å². The normalized spacial score (nSPS) is 11.0. The Labute approximate surface area is 131 Å². The third-order valence-electron chi connectivity index (χ3n) is 3.33. The fraction of sp³-hybridized carbons (Fsp3) is 0.0625. The highest BCUT2D eigenvalue weighted by atomic mass is 32.1. The van der Waals surface area contributed by atoms with Gasteiger partial charge in [0.25, 0.3) is 0 Å². The van der Waals surface area contributed by atoms with Gasteiger partial charge in [0.1, 0.15) is 11.2 Å². The zero-order valence-electron chi connectivity index (χ0n) is 11.9. The number of aromatic nitrogens is 4. The highest BCUT2D eigenvalue weighted by Crippen LogP contribution is 2.32. The highest BCUT2D eigenvalue weighted by Gasteiger charge is 2.10. The van der Waals surface area contributed by atoms with Gasteiger partial charge in [-0.2, -0.15) is 0 Å². The average molecular weight is 307 g/mol. The van der Waals surface area contributed by atoms with Crippen LogP contribution in [0.2, 0.25) is 0 Å². The van der Waals surface area contributed by atoms with Crippen molar-refractivity contribution in [1.82, 2.24) is 20.0 Å². The van der Waals surface area contributed by atoms with Crippen molar-refractivity contribution in [1.29, 1.82) is 0 Å². The molecule has 3 aromatic heterocycles. The molecule has 0 aliphatic heterocycles. The lowest BCUT2D eigenvalue weighted by atomic mass is 10.2. The number of nitrogens with zero attached hydrogens (tertiary/aromatic N) is 4. The monoisotopic (exact) mass is 307 g/mol. The minimum atomic E-state index is 0.779. The van der Waals surface area contributed by atoms with E-state index in [2.05, 4.69) is 27.1 Å². The Kier molecular flexibility index (Phi) is 3.08. The molecule has 1 N–H and O–H groups in total. The van der Waals surface area contributed by atoms with E-state index < -0.39 is 0 Å². The fourth-order valence-corrected chi connectivity index (χ4v) is 3.11. The van der Waals surface area contributed by atoms with Crippen LogP contribution in [0, 0.1) is 0 Å². The molecule has 6 heteroatoms. The molecule has 0 saturated carbocycles. The topological polar surface area (TPSA) is 55.6 Å². The van der Waals surface area contributed by atoms with E-state index >= 15 is 0 Å². The molecule has 108 valence electrons. The molecule has 0 atom stereocenters. The summed E-state index contributed by atoms with van der Waals surface area (Å²) in [6.07, 6.45) is 1.87. The van der Waals surface area contributed by atoms with Gasteiger partial charge < -0.3 is 5.32 Å². The van der Waals surface area contributed by atoms with Gasteiger partial charge in [-0.3, -0.25) is 4.68 Å². The fourth-order valence-electron chi connectivity index (χ4n) is 2.29. The Morgan fingerprint density at radius 1 is 1.05 bits per heavy atom. The van der Waals surface area contributed by atoms with Crippen LogP contribution in [-0.2, 0) is 7.05 Å². The Morgan fingerprint density at radius 3 is 2.68 bits per heavy atom. The summed E-state index contributed by atoms with van der Waals surface area (Å²) in [5, 5.41) is 13.6. The van der Waals surface area contributed by atoms with Gasteiger partial charge in [-0.15, -0.1) is 16.4 Å². The van der Waals surface area contributed by atoms with Gasteiger partial charge in [-0.05, 0) is 24.3 Å². The van der Waals surface area contributed by atoms with Crippen LogP contribution in [0.4, 0.5) is 11.4 Å². The van der Waals surface area contributed by atoms with E-state index in [-0.39, 0.29) is 0 Å². The predicted molar refractivity (Wildman–Crippen MR) is 89.3 cm³/mol. The van der Waals surface area contributed by atoms with Crippen molar-refractivity contribution in [3.05, 3.63) is 54.0 Å². The molecule has 0 saturated heterocycles. The molecule has 0 bridgehead atoms. The van der Waals surface area contributed by atoms with Crippen molar-refractivity contribution in [3.63, 3.8) is 0 Å². The molecule has 4 aromatic rings. The van der Waals surface area contributed by atoms with Crippen molar-refractivity contribution in [2.45, 2.75) is 0 Å². The van der Waals surface area contributed by atoms with Gasteiger partial charge in [0.15, 0.2) is 0 Å². The summed E-state index contributed by atoms with van der Waals surface area (Å²) < 4.78 is 2.82. The number of benzene rings is 1. The summed E-state index contributed by atoms with van der Waals surface area (Å²) in [6.45, 7) is 0. The Bertz CT molecular complexity index is 926. The Morgan fingerprint density at radius 2 is 1.91 bits per heavy atom. The molecule has 0 spiro atoms. The maximum Gasteiger partial charge on any atom is 0.131 e. The van der Waals surface area contributed by atoms with Crippen LogP contribution in [0.3, 0.4) is 0 Å². The molecule has 5 nitrogen and oxygen atoms in total. The van der Waals surface area contributed by atoms with Crippen molar-refractivity contribution in [2.75, 3.05) is 5.32 Å². The molecule has 0 fully saturated rings. The van der Waals surface area contributed by atoms with Gasteiger partial charge in [0, 0.05) is 18.1 Å². The van der Waals surface area contributed by atoms with Crippen molar-refractivity contribution in [3.8, 4) is 11.4 Å². The molecule has 22 heavy (non-hydrogen) atoms. The predicted octanol–water partition coefficient (Wildman–Crippen LogP) is 3.84. The van der Waals surface area contributed by atoms with E-state index in [1.165, 1.54) is 0 Å². The lowest BCUT2D eigenvalue weighted by Crippen LogP contribution is -1.90. The lowest BCUT2D eigenvalue weighted by molar-refractivity contribution is 0.715. The van der Waals surface area contributed by atoms with Crippen LogP contribution in [0.1, 0.15) is 0 Å². The number of anilines is 2. The second kappa shape index (κ2) is 5.23. The molecule has 0 amide bonds. The van der Waals surface area contributed by atoms with Crippen molar-refractivity contribution in [2.24, 2.45) is 7.05 Å². The van der Waals surface area contributed by atoms with E-state index in [1.54, 1.807) is 16.0 Å². The molecule has 4 rings (SSSR count). The van der Waals surface area contributed by atoms with Crippen LogP contribution in [0.5, 0.6) is 0 Å². The quantitative estimate of drug-likeness (QED) is 0.625. The third kappa shape index (κ3) is 2.33. The first-order chi connectivity index (χ1) is 10.8. The zero-order valence-corrected chi connectivity index (χ0v) is 12.7. The highest BCUT2D eigenvalue weighted by molar-refractivity contribution is 7.17. The molecule has 0 aliphatic carbocycles. The van der Waals surface area contributed by atoms with Crippen LogP contribution >= 0.6 is 11.3 Å². The summed E-state index contributed by atoms with van der Waals surface area (Å²) >= 11 is 1.68. The van der Waals surface area contributed by atoms with Gasteiger partial charge >= 0.3 is 0 Å². The SMILES string of the molecule is Cn1cc(-c2ccc3scc(Nc4ccccc4)c3n2)nn1. The van der Waals surface area contributed by atoms with Gasteiger partial charge in [0.2, 0.25) is 0 Å². The molecular formula is C16H13N5S. The molecule has 0 unspecified atom stereocenters. The van der Waals surface area contributed by atoms with Crippen LogP contribution in [0.15, 0.2) is 54.0 Å². The second-order valence-electron chi connectivity index (χ2n) is 4.96. The van der Waals surface area contributed by atoms with E-state index in [4.69, 9.17) is 4.98 Å². The van der Waals surface area contributed by atoms with Crippen LogP contribution in [-0.4, -0.2) is 20.0 Å². The number of para-hydroxylation sites is 1. The lowest BCUT2D eigenvalue weighted by Gasteiger charge is -2.04. The smallest absolute Gasteiger partial charge is 0.131 e. The summed E-state index contributed by atoms with van der Waals surface area (Å²) in [5.74, 6) is 0. The number of thiophene rings is 1. The van der Waals surface area contributed by atoms with E-state index in [0.717, 1.165) is 33.0 Å². The number of rotatable bonds is 3. The third-order valence-corrected chi connectivity index (χ3v) is 4.27. The maximum absolute atomic E-state index is 4.75. The van der Waals surface area contributed by atoms with Crippen LogP contribution < -0.4 is 5.32 Å². The molecule has 0 aliphatic rings. The van der Waals surface area contributed by atoms with Crippen molar-refractivity contribution >= 4 is 32.9 Å². The molecule has 3 heterocycles. The molecular weight excluding hydrogens is 294 g/mol. The summed E-state index contributed by atoms with van der Waals surface area (Å²) in [5.41, 5.74) is 4.62. The first-order valence-electron chi connectivity index (χ1n) is 6.86. The van der Waals surface area contributed by atoms with Crippen LogP contribution in [0.25, 0.3) is 21.6 Å². The number of hydrogen-bond acceptors (Lipinski definition) is 5. The van der Waals surface area contributed by atoms with E-state index in [0.29, 0.717) is 0 Å². The van der Waals surface area contributed by atoms with E-state index in [1.807, 2.05) is 49.6 Å². The molecule has 0 radical (unpaired) electrons. The average Bonchev–Trinajstić information content (AvgIpc) is 3.15. The molecule has 1 aromatic carbocycles. The zero-order chi connectivity index (χ0) is 14.9. The summed E-state index contributed by atoms with van der Waals surface area (Å²) in [6, 6.07) is 14.2. The van der Waals surface area contributed by atoms with Crippen molar-refractivity contribution < 1.29 is 0 Å².